The van der Waals surface area contributed by atoms with Gasteiger partial charge in [-0.25, -0.2) is 4.79 Å². The van der Waals surface area contributed by atoms with Crippen LogP contribution in [-0.2, 0) is 9.53 Å². The Hall–Kier alpha value is -3.52. The summed E-state index contributed by atoms with van der Waals surface area (Å²) in [5, 5.41) is 2.53. The number of anilines is 1. The maximum atomic E-state index is 12.9. The van der Waals surface area contributed by atoms with Crippen molar-refractivity contribution in [2.24, 2.45) is 0 Å². The average Bonchev–Trinajstić information content (AvgIpc) is 3.16. The van der Waals surface area contributed by atoms with Crippen molar-refractivity contribution in [2.75, 3.05) is 11.9 Å². The first-order valence-electron chi connectivity index (χ1n) is 8.49. The van der Waals surface area contributed by atoms with Crippen LogP contribution in [0.1, 0.15) is 42.4 Å². The maximum Gasteiger partial charge on any atom is 0.374 e. The summed E-state index contributed by atoms with van der Waals surface area (Å²) in [6.45, 7) is -0.584. The summed E-state index contributed by atoms with van der Waals surface area (Å²) in [6.07, 6.45) is 0. The second-order valence-corrected chi connectivity index (χ2v) is 6.94. The first-order valence-corrected chi connectivity index (χ1v) is 9.29. The van der Waals surface area contributed by atoms with Gasteiger partial charge in [0, 0.05) is 16.7 Å². The normalized spacial score (nSPS) is 12.2. The Morgan fingerprint density at radius 2 is 1.59 bits per heavy atom. The Morgan fingerprint density at radius 1 is 0.897 bits per heavy atom. The standard InChI is InChI=1S/C21H12BrNO6/c22-16-9-8-15(29-16)21(27)28-10-17(24)23-14-7-3-6-13-18(14)20(26)12-5-2-1-4-11(12)19(13)25/h1-9H,10H2,(H,23,24). The number of rotatable bonds is 4. The number of fused-ring (bicyclic) bond motifs is 2. The van der Waals surface area contributed by atoms with Crippen LogP contribution in [0.2, 0.25) is 0 Å². The number of furan rings is 1. The van der Waals surface area contributed by atoms with Gasteiger partial charge in [-0.05, 0) is 34.1 Å². The lowest BCUT2D eigenvalue weighted by Gasteiger charge is -2.20. The molecule has 1 amide bonds. The average molecular weight is 454 g/mol. The highest BCUT2D eigenvalue weighted by molar-refractivity contribution is 9.10. The highest BCUT2D eigenvalue weighted by atomic mass is 79.9. The van der Waals surface area contributed by atoms with E-state index in [1.807, 2.05) is 0 Å². The first kappa shape index (κ1) is 18.8. The number of carbonyl (C=O) groups excluding carboxylic acids is 4. The van der Waals surface area contributed by atoms with Crippen molar-refractivity contribution >= 4 is 45.1 Å². The van der Waals surface area contributed by atoms with Gasteiger partial charge in [0.25, 0.3) is 5.91 Å². The van der Waals surface area contributed by atoms with Crippen LogP contribution < -0.4 is 5.32 Å². The Balaban J connectivity index is 1.53. The molecule has 0 fully saturated rings. The van der Waals surface area contributed by atoms with Crippen LogP contribution in [0, 0.1) is 0 Å². The van der Waals surface area contributed by atoms with Crippen LogP contribution in [-0.4, -0.2) is 30.0 Å². The van der Waals surface area contributed by atoms with Gasteiger partial charge in [0.05, 0.1) is 11.3 Å². The van der Waals surface area contributed by atoms with E-state index in [-0.39, 0.29) is 39.7 Å². The lowest BCUT2D eigenvalue weighted by molar-refractivity contribution is -0.119. The Bertz CT molecular complexity index is 1180. The van der Waals surface area contributed by atoms with Crippen LogP contribution in [0.3, 0.4) is 0 Å². The topological polar surface area (TPSA) is 103 Å². The highest BCUT2D eigenvalue weighted by Crippen LogP contribution is 2.31. The minimum atomic E-state index is -0.805. The second kappa shape index (κ2) is 7.48. The van der Waals surface area contributed by atoms with Gasteiger partial charge >= 0.3 is 5.97 Å². The molecule has 3 aromatic rings. The summed E-state index contributed by atoms with van der Waals surface area (Å²) in [5.74, 6) is -2.17. The molecular weight excluding hydrogens is 442 g/mol. The van der Waals surface area contributed by atoms with E-state index in [0.29, 0.717) is 10.2 Å². The molecule has 0 saturated heterocycles. The summed E-state index contributed by atoms with van der Waals surface area (Å²) >= 11 is 3.07. The molecule has 0 spiro atoms. The van der Waals surface area contributed by atoms with Crippen LogP contribution in [0.5, 0.6) is 0 Å². The molecule has 1 aliphatic carbocycles. The van der Waals surface area contributed by atoms with E-state index in [1.54, 1.807) is 30.3 Å². The van der Waals surface area contributed by atoms with Gasteiger partial charge in [-0.1, -0.05) is 36.4 Å². The van der Waals surface area contributed by atoms with Gasteiger partial charge in [0.2, 0.25) is 5.76 Å². The predicted octanol–water partition coefficient (Wildman–Crippen LogP) is 3.61. The smallest absolute Gasteiger partial charge is 0.374 e. The molecule has 0 bridgehead atoms. The molecule has 1 aromatic heterocycles. The quantitative estimate of drug-likeness (QED) is 0.473. The number of hydrogen-bond acceptors (Lipinski definition) is 6. The number of halogens is 1. The SMILES string of the molecule is O=C(COC(=O)c1ccc(Br)o1)Nc1cccc2c1C(=O)c1ccccc1C2=O. The molecule has 1 aliphatic rings. The lowest BCUT2D eigenvalue weighted by atomic mass is 9.83. The van der Waals surface area contributed by atoms with Crippen molar-refractivity contribution in [2.45, 2.75) is 0 Å². The van der Waals surface area contributed by atoms with E-state index in [0.717, 1.165) is 0 Å². The molecule has 144 valence electrons. The highest BCUT2D eigenvalue weighted by Gasteiger charge is 2.31. The fraction of sp³-hybridized carbons (Fsp3) is 0.0476. The van der Waals surface area contributed by atoms with Crippen molar-refractivity contribution in [3.05, 3.63) is 87.3 Å². The molecule has 29 heavy (non-hydrogen) atoms. The van der Waals surface area contributed by atoms with Crippen LogP contribution >= 0.6 is 15.9 Å². The Morgan fingerprint density at radius 3 is 2.28 bits per heavy atom. The molecule has 8 heteroatoms. The molecule has 0 unspecified atom stereocenters. The number of ether oxygens (including phenoxy) is 1. The third-order valence-electron chi connectivity index (χ3n) is 4.34. The lowest BCUT2D eigenvalue weighted by Crippen LogP contribution is -2.26. The fourth-order valence-electron chi connectivity index (χ4n) is 3.06. The summed E-state index contributed by atoms with van der Waals surface area (Å²) in [4.78, 5) is 49.7. The first-order chi connectivity index (χ1) is 14.0. The molecule has 1 heterocycles. The van der Waals surface area contributed by atoms with Crippen molar-refractivity contribution in [1.29, 1.82) is 0 Å². The van der Waals surface area contributed by atoms with Gasteiger partial charge in [-0.3, -0.25) is 14.4 Å². The number of ketones is 2. The Kier molecular flexibility index (Phi) is 4.85. The molecule has 0 atom stereocenters. The molecule has 0 saturated carbocycles. The van der Waals surface area contributed by atoms with Crippen LogP contribution in [0.25, 0.3) is 0 Å². The number of amides is 1. The van der Waals surface area contributed by atoms with Gasteiger partial charge in [-0.2, -0.15) is 0 Å². The van der Waals surface area contributed by atoms with Crippen molar-refractivity contribution < 1.29 is 28.3 Å². The molecule has 0 aliphatic heterocycles. The molecule has 4 rings (SSSR count). The van der Waals surface area contributed by atoms with Crippen molar-refractivity contribution in [1.82, 2.24) is 0 Å². The third-order valence-corrected chi connectivity index (χ3v) is 4.76. The minimum Gasteiger partial charge on any atom is -0.450 e. The van der Waals surface area contributed by atoms with E-state index in [2.05, 4.69) is 21.2 Å². The summed E-state index contributed by atoms with van der Waals surface area (Å²) in [6, 6.07) is 14.1. The van der Waals surface area contributed by atoms with Crippen molar-refractivity contribution in [3.63, 3.8) is 0 Å². The maximum absolute atomic E-state index is 12.9. The number of carbonyl (C=O) groups is 4. The summed E-state index contributed by atoms with van der Waals surface area (Å²) in [7, 11) is 0. The zero-order valence-electron chi connectivity index (χ0n) is 14.7. The van der Waals surface area contributed by atoms with E-state index < -0.39 is 18.5 Å². The number of hydrogen-bond donors (Lipinski definition) is 1. The molecule has 7 nitrogen and oxygen atoms in total. The number of nitrogens with one attached hydrogen (secondary N) is 1. The van der Waals surface area contributed by atoms with Gasteiger partial charge < -0.3 is 14.5 Å². The molecule has 1 N–H and O–H groups in total. The summed E-state index contributed by atoms with van der Waals surface area (Å²) in [5.41, 5.74) is 1.11. The molecular formula is C21H12BrNO6. The molecule has 0 radical (unpaired) electrons. The van der Waals surface area contributed by atoms with Gasteiger partial charge in [-0.15, -0.1) is 0 Å². The second-order valence-electron chi connectivity index (χ2n) is 6.16. The third kappa shape index (κ3) is 3.50. The zero-order chi connectivity index (χ0) is 20.5. The summed E-state index contributed by atoms with van der Waals surface area (Å²) < 4.78 is 10.3. The molecule has 2 aromatic carbocycles. The fourth-order valence-corrected chi connectivity index (χ4v) is 3.37. The van der Waals surface area contributed by atoms with E-state index in [9.17, 15) is 19.2 Å². The number of esters is 1. The van der Waals surface area contributed by atoms with Crippen molar-refractivity contribution in [3.8, 4) is 0 Å². The zero-order valence-corrected chi connectivity index (χ0v) is 16.3. The predicted molar refractivity (Wildman–Crippen MR) is 105 cm³/mol. The van der Waals surface area contributed by atoms with E-state index in [4.69, 9.17) is 9.15 Å². The largest absolute Gasteiger partial charge is 0.450 e. The van der Waals surface area contributed by atoms with Gasteiger partial charge in [0.15, 0.2) is 22.8 Å². The van der Waals surface area contributed by atoms with Crippen LogP contribution in [0.15, 0.2) is 63.7 Å². The monoisotopic (exact) mass is 453 g/mol. The minimum absolute atomic E-state index is 0.0563. The van der Waals surface area contributed by atoms with Gasteiger partial charge in [0.1, 0.15) is 0 Å². The Labute approximate surface area is 172 Å². The van der Waals surface area contributed by atoms with E-state index >= 15 is 0 Å². The van der Waals surface area contributed by atoms with E-state index in [1.165, 1.54) is 24.3 Å². The van der Waals surface area contributed by atoms with Crippen LogP contribution in [0.4, 0.5) is 5.69 Å². The number of benzene rings is 2.